The van der Waals surface area contributed by atoms with Crippen molar-refractivity contribution >= 4 is 5.91 Å². The molecule has 0 aliphatic carbocycles. The number of pyridine rings is 1. The van der Waals surface area contributed by atoms with Crippen LogP contribution in [0.1, 0.15) is 28.8 Å². The van der Waals surface area contributed by atoms with E-state index in [1.165, 1.54) is 12.0 Å². The number of aromatic nitrogens is 1. The van der Waals surface area contributed by atoms with Gasteiger partial charge < -0.3 is 14.4 Å². The summed E-state index contributed by atoms with van der Waals surface area (Å²) in [5.74, 6) is 1.81. The molecule has 3 aliphatic heterocycles. The Labute approximate surface area is 166 Å². The lowest BCUT2D eigenvalue weighted by Gasteiger charge is -2.36. The summed E-state index contributed by atoms with van der Waals surface area (Å²) < 4.78 is 10.7. The lowest BCUT2D eigenvalue weighted by atomic mass is 9.94. The summed E-state index contributed by atoms with van der Waals surface area (Å²) in [5, 5.41) is 0. The number of ether oxygens (including phenoxy) is 2. The van der Waals surface area contributed by atoms with Crippen LogP contribution in [0.5, 0.6) is 11.5 Å². The van der Waals surface area contributed by atoms with Gasteiger partial charge in [-0.1, -0.05) is 6.07 Å². The average molecular weight is 381 g/mol. The molecule has 5 rings (SSSR count). The van der Waals surface area contributed by atoms with E-state index in [0.717, 1.165) is 32.6 Å². The lowest BCUT2D eigenvalue weighted by Crippen LogP contribution is -2.47. The fraction of sp³-hybridized carbons (Fsp3) is 0.455. The Morgan fingerprint density at radius 1 is 1.14 bits per heavy atom. The average Bonchev–Trinajstić information content (AvgIpc) is 3.04. The number of carbonyl (C=O) groups is 1. The van der Waals surface area contributed by atoms with Gasteiger partial charge in [-0.3, -0.25) is 14.7 Å². The second-order valence-corrected chi connectivity index (χ2v) is 7.68. The molecule has 0 radical (unpaired) electrons. The second kappa shape index (κ2) is 8.19. The summed E-state index contributed by atoms with van der Waals surface area (Å²) in [6.45, 7) is 3.61. The first-order valence-electron chi connectivity index (χ1n) is 9.82. The highest BCUT2D eigenvalue weighted by Gasteiger charge is 2.38. The number of nitrogens with zero attached hydrogens (tertiary/aromatic N) is 3. The van der Waals surface area contributed by atoms with Crippen LogP contribution in [-0.2, 0) is 6.54 Å². The topological polar surface area (TPSA) is 54.9 Å². The van der Waals surface area contributed by atoms with Crippen LogP contribution in [-0.4, -0.2) is 60.6 Å². The minimum Gasteiger partial charge on any atom is -0.497 e. The third-order valence-corrected chi connectivity index (χ3v) is 5.82. The first-order valence-corrected chi connectivity index (χ1v) is 9.82. The molecule has 0 unspecified atom stereocenters. The van der Waals surface area contributed by atoms with Gasteiger partial charge in [0, 0.05) is 50.7 Å². The van der Waals surface area contributed by atoms with E-state index in [1.54, 1.807) is 26.5 Å². The van der Waals surface area contributed by atoms with Crippen LogP contribution in [0.2, 0.25) is 0 Å². The Hall–Kier alpha value is -2.60. The van der Waals surface area contributed by atoms with Crippen LogP contribution in [0.15, 0.2) is 42.7 Å². The number of fused-ring (bicyclic) bond motifs is 4. The maximum atomic E-state index is 13.4. The van der Waals surface area contributed by atoms with E-state index in [1.807, 2.05) is 24.4 Å². The molecule has 3 aliphatic rings. The highest BCUT2D eigenvalue weighted by molar-refractivity contribution is 5.97. The molecular weight excluding hydrogens is 354 g/mol. The van der Waals surface area contributed by atoms with Gasteiger partial charge in [-0.25, -0.2) is 0 Å². The number of carbonyl (C=O) groups excluding carboxylic acids is 1. The summed E-state index contributed by atoms with van der Waals surface area (Å²) in [4.78, 5) is 22.1. The number of benzene rings is 1. The normalized spacial score (nSPS) is 22.0. The molecule has 6 heteroatoms. The largest absolute Gasteiger partial charge is 0.497 e. The van der Waals surface area contributed by atoms with Crippen molar-refractivity contribution in [3.8, 4) is 11.5 Å². The fourth-order valence-electron chi connectivity index (χ4n) is 4.44. The van der Waals surface area contributed by atoms with Crippen LogP contribution in [0.3, 0.4) is 0 Å². The molecule has 0 saturated carbocycles. The molecule has 6 nitrogen and oxygen atoms in total. The molecule has 2 atom stereocenters. The SMILES string of the molecule is COc1ccc(C(=O)N2C[C@H]3CC[C@@H]2CN(Cc2cccnc2)C3)c(OC)c1. The van der Waals surface area contributed by atoms with Crippen LogP contribution in [0, 0.1) is 5.92 Å². The standard InChI is InChI=1S/C22H27N3O3/c1-27-19-7-8-20(21(10-19)28-2)22(26)25-14-17-5-6-18(25)15-24(13-17)12-16-4-3-9-23-11-16/h3-4,7-11,17-18H,5-6,12-15H2,1-2H3/t17-,18+/m0/s1. The van der Waals surface area contributed by atoms with Crippen molar-refractivity contribution in [2.45, 2.75) is 25.4 Å². The summed E-state index contributed by atoms with van der Waals surface area (Å²) in [6.07, 6.45) is 5.96. The molecule has 4 heterocycles. The number of piperidine rings is 1. The first kappa shape index (κ1) is 18.7. The number of methoxy groups -OCH3 is 2. The molecule has 3 saturated heterocycles. The van der Waals surface area contributed by atoms with E-state index in [0.29, 0.717) is 23.0 Å². The van der Waals surface area contributed by atoms with Gasteiger partial charge in [0.1, 0.15) is 11.5 Å². The van der Waals surface area contributed by atoms with E-state index in [2.05, 4.69) is 20.9 Å². The van der Waals surface area contributed by atoms with Crippen LogP contribution in [0.25, 0.3) is 0 Å². The molecule has 0 N–H and O–H groups in total. The monoisotopic (exact) mass is 381 g/mol. The van der Waals surface area contributed by atoms with Crippen LogP contribution in [0.4, 0.5) is 0 Å². The third-order valence-electron chi connectivity index (χ3n) is 5.82. The molecule has 3 fully saturated rings. The van der Waals surface area contributed by atoms with Crippen molar-refractivity contribution < 1.29 is 14.3 Å². The van der Waals surface area contributed by atoms with Gasteiger partial charge in [0.2, 0.25) is 0 Å². The Bertz CT molecular complexity index is 827. The number of amides is 1. The summed E-state index contributed by atoms with van der Waals surface area (Å²) >= 11 is 0. The molecule has 0 spiro atoms. The van der Waals surface area contributed by atoms with Gasteiger partial charge in [0.05, 0.1) is 19.8 Å². The number of rotatable bonds is 5. The fourth-order valence-corrected chi connectivity index (χ4v) is 4.44. The molecule has 2 bridgehead atoms. The lowest BCUT2D eigenvalue weighted by molar-refractivity contribution is 0.0581. The van der Waals surface area contributed by atoms with Gasteiger partial charge >= 0.3 is 0 Å². The van der Waals surface area contributed by atoms with Crippen molar-refractivity contribution in [1.82, 2.24) is 14.8 Å². The van der Waals surface area contributed by atoms with Crippen molar-refractivity contribution in [2.24, 2.45) is 5.92 Å². The maximum Gasteiger partial charge on any atom is 0.257 e. The first-order chi connectivity index (χ1) is 13.7. The van der Waals surface area contributed by atoms with E-state index in [9.17, 15) is 4.79 Å². The summed E-state index contributed by atoms with van der Waals surface area (Å²) in [5.41, 5.74) is 1.83. The highest BCUT2D eigenvalue weighted by Crippen LogP contribution is 2.32. The molecule has 1 aromatic heterocycles. The predicted octanol–water partition coefficient (Wildman–Crippen LogP) is 2.84. The van der Waals surface area contributed by atoms with Crippen molar-refractivity contribution in [3.05, 3.63) is 53.9 Å². The molecular formula is C22H27N3O3. The minimum atomic E-state index is 0.0532. The Morgan fingerprint density at radius 3 is 2.79 bits per heavy atom. The van der Waals surface area contributed by atoms with Gasteiger partial charge in [0.25, 0.3) is 5.91 Å². The van der Waals surface area contributed by atoms with E-state index in [-0.39, 0.29) is 11.9 Å². The number of hydrogen-bond donors (Lipinski definition) is 0. The summed E-state index contributed by atoms with van der Waals surface area (Å²) in [6, 6.07) is 9.73. The number of hydrogen-bond acceptors (Lipinski definition) is 5. The van der Waals surface area contributed by atoms with Gasteiger partial charge in [-0.2, -0.15) is 0 Å². The van der Waals surface area contributed by atoms with Crippen LogP contribution >= 0.6 is 0 Å². The zero-order valence-electron chi connectivity index (χ0n) is 16.5. The quantitative estimate of drug-likeness (QED) is 0.797. The molecule has 28 heavy (non-hydrogen) atoms. The van der Waals surface area contributed by atoms with Crippen molar-refractivity contribution in [1.29, 1.82) is 0 Å². The minimum absolute atomic E-state index is 0.0532. The third kappa shape index (κ3) is 3.83. The van der Waals surface area contributed by atoms with Crippen molar-refractivity contribution in [3.63, 3.8) is 0 Å². The zero-order chi connectivity index (χ0) is 19.5. The predicted molar refractivity (Wildman–Crippen MR) is 107 cm³/mol. The van der Waals surface area contributed by atoms with E-state index < -0.39 is 0 Å². The Balaban J connectivity index is 1.53. The smallest absolute Gasteiger partial charge is 0.257 e. The Morgan fingerprint density at radius 2 is 2.04 bits per heavy atom. The second-order valence-electron chi connectivity index (χ2n) is 7.68. The van der Waals surface area contributed by atoms with Gasteiger partial charge in [0.15, 0.2) is 0 Å². The maximum absolute atomic E-state index is 13.4. The van der Waals surface area contributed by atoms with E-state index in [4.69, 9.17) is 9.47 Å². The molecule has 1 amide bonds. The van der Waals surface area contributed by atoms with Crippen molar-refractivity contribution in [2.75, 3.05) is 33.9 Å². The molecule has 148 valence electrons. The Kier molecular flexibility index (Phi) is 5.48. The van der Waals surface area contributed by atoms with E-state index >= 15 is 0 Å². The molecule has 2 aromatic rings. The zero-order valence-corrected chi connectivity index (χ0v) is 16.5. The van der Waals surface area contributed by atoms with Gasteiger partial charge in [-0.15, -0.1) is 0 Å². The van der Waals surface area contributed by atoms with Crippen LogP contribution < -0.4 is 9.47 Å². The van der Waals surface area contributed by atoms with Gasteiger partial charge in [-0.05, 0) is 42.5 Å². The summed E-state index contributed by atoms with van der Waals surface area (Å²) in [7, 11) is 3.20. The molecule has 1 aromatic carbocycles. The highest BCUT2D eigenvalue weighted by atomic mass is 16.5.